The van der Waals surface area contributed by atoms with Gasteiger partial charge >= 0.3 is 0 Å². The highest BCUT2D eigenvalue weighted by Crippen LogP contribution is 2.66. The number of ketones is 2. The fourth-order valence-corrected chi connectivity index (χ4v) is 5.95. The second-order valence-electron chi connectivity index (χ2n) is 8.33. The predicted molar refractivity (Wildman–Crippen MR) is 93.7 cm³/mol. The SMILES string of the molecule is [3H]C1([3H])C2=CC(=O)C([3H])([3H])C([3H])([3H])[C@]2(C)[C@H]2[C@@H]([C@@H]3CC[C@@H](C(=O)CO)[C@@]3(C)C[C@H]2O)C1([3H])[3H]. The molecule has 0 aromatic heterocycles. The topological polar surface area (TPSA) is 74.6 Å². The molecule has 0 radical (unpaired) electrons. The van der Waals surface area contributed by atoms with Crippen molar-refractivity contribution in [3.05, 3.63) is 11.6 Å². The molecule has 0 unspecified atom stereocenters. The molecule has 0 aliphatic heterocycles. The molecule has 0 saturated heterocycles. The van der Waals surface area contributed by atoms with E-state index in [0.29, 0.717) is 18.9 Å². The smallest absolute Gasteiger partial charge is 0.161 e. The minimum atomic E-state index is -3.00. The molecule has 0 aromatic carbocycles. The van der Waals surface area contributed by atoms with Crippen LogP contribution in [-0.4, -0.2) is 34.5 Å². The van der Waals surface area contributed by atoms with Crippen molar-refractivity contribution in [3.63, 3.8) is 0 Å². The van der Waals surface area contributed by atoms with Crippen LogP contribution in [0.4, 0.5) is 0 Å². The zero-order valence-electron chi connectivity index (χ0n) is 22.5. The first kappa shape index (κ1) is 10.4. The number of Topliss-reactive ketones (excluding diaryl/α,β-unsaturated/α-hetero) is 1. The van der Waals surface area contributed by atoms with E-state index in [1.807, 2.05) is 0 Å². The van der Waals surface area contributed by atoms with Gasteiger partial charge in [-0.3, -0.25) is 9.59 Å². The van der Waals surface area contributed by atoms with Crippen LogP contribution in [0.3, 0.4) is 0 Å². The average Bonchev–Trinajstić information content (AvgIpc) is 3.03. The summed E-state index contributed by atoms with van der Waals surface area (Å²) >= 11 is 0. The van der Waals surface area contributed by atoms with Gasteiger partial charge in [-0.1, -0.05) is 19.4 Å². The van der Waals surface area contributed by atoms with Gasteiger partial charge in [-0.15, -0.1) is 0 Å². The molecule has 4 heteroatoms. The average molecular weight is 363 g/mol. The van der Waals surface area contributed by atoms with Crippen molar-refractivity contribution in [1.82, 2.24) is 0 Å². The lowest BCUT2D eigenvalue weighted by Gasteiger charge is -2.59. The third-order valence-corrected chi connectivity index (χ3v) is 7.16. The maximum Gasteiger partial charge on any atom is 0.161 e. The summed E-state index contributed by atoms with van der Waals surface area (Å²) in [7, 11) is 0. The van der Waals surface area contributed by atoms with Crippen molar-refractivity contribution in [2.75, 3.05) is 6.61 Å². The fraction of sp³-hybridized carbons (Fsp3) is 0.810. The fourth-order valence-electron chi connectivity index (χ4n) is 5.95. The van der Waals surface area contributed by atoms with Crippen LogP contribution in [0.25, 0.3) is 0 Å². The summed E-state index contributed by atoms with van der Waals surface area (Å²) in [5, 5.41) is 20.9. The highest BCUT2D eigenvalue weighted by Gasteiger charge is 2.62. The van der Waals surface area contributed by atoms with Crippen molar-refractivity contribution >= 4 is 11.6 Å². The minimum absolute atomic E-state index is 0.00418. The Hall–Kier alpha value is -1.00. The van der Waals surface area contributed by atoms with Gasteiger partial charge in [0.25, 0.3) is 0 Å². The lowest BCUT2D eigenvalue weighted by Crippen LogP contribution is -2.57. The number of hydrogen-bond acceptors (Lipinski definition) is 4. The first-order valence-electron chi connectivity index (χ1n) is 12.9. The van der Waals surface area contributed by atoms with E-state index < -0.39 is 89.8 Å². The van der Waals surface area contributed by atoms with E-state index in [0.717, 1.165) is 0 Å². The van der Waals surface area contributed by atoms with E-state index in [1.54, 1.807) is 6.92 Å². The maximum atomic E-state index is 12.5. The van der Waals surface area contributed by atoms with E-state index in [-0.39, 0.29) is 6.42 Å². The molecule has 0 heterocycles. The number of carbonyl (C=O) groups excluding carboxylic acids is 2. The molecule has 0 amide bonds. The van der Waals surface area contributed by atoms with E-state index in [2.05, 4.69) is 0 Å². The lowest BCUT2D eigenvalue weighted by molar-refractivity contribution is -0.146. The second-order valence-corrected chi connectivity index (χ2v) is 8.33. The molecule has 25 heavy (non-hydrogen) atoms. The zero-order valence-corrected chi connectivity index (χ0v) is 14.5. The second kappa shape index (κ2) is 5.75. The largest absolute Gasteiger partial charge is 0.393 e. The molecule has 138 valence electrons. The number of rotatable bonds is 2. The molecule has 4 rings (SSSR count). The van der Waals surface area contributed by atoms with Crippen LogP contribution in [0, 0.1) is 34.5 Å². The summed E-state index contributed by atoms with van der Waals surface area (Å²) in [4.78, 5) is 25.0. The summed E-state index contributed by atoms with van der Waals surface area (Å²) in [6.07, 6.45) is -11.4. The maximum absolute atomic E-state index is 12.5. The zero-order chi connectivity index (χ0) is 25.2. The van der Waals surface area contributed by atoms with E-state index in [1.165, 1.54) is 6.92 Å². The molecular weight excluding hydrogens is 316 g/mol. The summed E-state index contributed by atoms with van der Waals surface area (Å²) in [5.74, 6) is -5.39. The Morgan fingerprint density at radius 3 is 2.84 bits per heavy atom. The summed E-state index contributed by atoms with van der Waals surface area (Å²) in [6, 6.07) is 0. The van der Waals surface area contributed by atoms with Gasteiger partial charge in [-0.05, 0) is 73.0 Å². The molecule has 0 spiro atoms. The molecule has 4 aliphatic carbocycles. The lowest BCUT2D eigenvalue weighted by atomic mass is 9.46. The number of fused-ring (bicyclic) bond motifs is 5. The molecule has 4 nitrogen and oxygen atoms in total. The normalized spacial score (nSPS) is 61.8. The van der Waals surface area contributed by atoms with Crippen molar-refractivity contribution in [3.8, 4) is 0 Å². The van der Waals surface area contributed by atoms with Crippen molar-refractivity contribution in [2.24, 2.45) is 34.5 Å². The van der Waals surface area contributed by atoms with Crippen molar-refractivity contribution in [1.29, 1.82) is 0 Å². The van der Waals surface area contributed by atoms with Crippen LogP contribution in [0.2, 0.25) is 0 Å². The Bertz CT molecular complexity index is 947. The first-order chi connectivity index (χ1) is 14.8. The van der Waals surface area contributed by atoms with E-state index in [9.17, 15) is 19.8 Å². The third kappa shape index (κ3) is 2.33. The summed E-state index contributed by atoms with van der Waals surface area (Å²) in [5.41, 5.74) is -3.41. The molecule has 4 aliphatic rings. The Morgan fingerprint density at radius 2 is 2.12 bits per heavy atom. The van der Waals surface area contributed by atoms with Gasteiger partial charge in [0, 0.05) is 23.3 Å². The van der Waals surface area contributed by atoms with Gasteiger partial charge in [0.15, 0.2) is 11.6 Å². The van der Waals surface area contributed by atoms with Crippen LogP contribution in [0.1, 0.15) is 69.6 Å². The van der Waals surface area contributed by atoms with Gasteiger partial charge in [0.1, 0.15) is 6.61 Å². The van der Waals surface area contributed by atoms with Crippen LogP contribution < -0.4 is 0 Å². The quantitative estimate of drug-likeness (QED) is 0.792. The van der Waals surface area contributed by atoms with Gasteiger partial charge in [-0.25, -0.2) is 0 Å². The molecule has 0 bridgehead atoms. The number of hydrogen-bond donors (Lipinski definition) is 2. The van der Waals surface area contributed by atoms with Crippen LogP contribution in [0.5, 0.6) is 0 Å². The minimum Gasteiger partial charge on any atom is -0.393 e. The van der Waals surface area contributed by atoms with E-state index in [4.69, 9.17) is 11.0 Å². The molecule has 2 N–H and O–H groups in total. The van der Waals surface area contributed by atoms with Crippen molar-refractivity contribution in [2.45, 2.75) is 64.7 Å². The highest BCUT2D eigenvalue weighted by atomic mass is 16.3. The Labute approximate surface area is 160 Å². The monoisotopic (exact) mass is 362 g/mol. The Kier molecular flexibility index (Phi) is 2.38. The Morgan fingerprint density at radius 1 is 1.36 bits per heavy atom. The first-order valence-corrected chi connectivity index (χ1v) is 8.94. The molecular formula is C21H30O4. The van der Waals surface area contributed by atoms with Gasteiger partial charge in [-0.2, -0.15) is 0 Å². The van der Waals surface area contributed by atoms with Crippen molar-refractivity contribution < 1.29 is 30.8 Å². The van der Waals surface area contributed by atoms with Gasteiger partial charge in [0.2, 0.25) is 0 Å². The molecule has 7 atom stereocenters. The highest BCUT2D eigenvalue weighted by molar-refractivity contribution is 5.91. The molecule has 3 saturated carbocycles. The van der Waals surface area contributed by atoms with Gasteiger partial charge < -0.3 is 10.2 Å². The predicted octanol–water partition coefficient (Wildman–Crippen LogP) is 2.67. The number of aliphatic hydroxyl groups is 2. The molecule has 3 fully saturated rings. The van der Waals surface area contributed by atoms with Crippen LogP contribution in [0.15, 0.2) is 11.6 Å². The number of allylic oxidation sites excluding steroid dienone is 1. The van der Waals surface area contributed by atoms with Crippen LogP contribution >= 0.6 is 0 Å². The summed E-state index contributed by atoms with van der Waals surface area (Å²) in [6.45, 7) is 2.34. The molecule has 0 aromatic rings. The van der Waals surface area contributed by atoms with Crippen LogP contribution in [-0.2, 0) is 9.59 Å². The standard InChI is InChI=1S/C21H30O4/c1-20-8-7-13(23)9-12(20)3-4-14-15-5-6-16(18(25)11-22)21(15,2)10-17(24)19(14)20/h9,14-17,19,22,24H,3-8,10-11H2,1-2H3/t14-,15+,16+,17-,19+,20+,21+/m1/s1/i3T2,4T2,7T2,8T2. The van der Waals surface area contributed by atoms with Gasteiger partial charge in [0.05, 0.1) is 6.10 Å². The van der Waals surface area contributed by atoms with E-state index >= 15 is 0 Å². The number of aliphatic hydroxyl groups excluding tert-OH is 2. The summed E-state index contributed by atoms with van der Waals surface area (Å²) < 4.78 is 69.1. The Balaban J connectivity index is 1.99. The number of carbonyl (C=O) groups is 2. The third-order valence-electron chi connectivity index (χ3n) is 7.16.